The Bertz CT molecular complexity index is 882. The van der Waals surface area contributed by atoms with Gasteiger partial charge in [-0.2, -0.15) is 5.10 Å². The Hall–Kier alpha value is -2.40. The van der Waals surface area contributed by atoms with Crippen molar-refractivity contribution < 1.29 is 0 Å². The second kappa shape index (κ2) is 6.79. The molecule has 0 unspecified atom stereocenters. The maximum absolute atomic E-state index is 4.63. The fourth-order valence-electron chi connectivity index (χ4n) is 2.30. The largest absolute Gasteiger partial charge is 0.360 e. The molecule has 3 aromatic rings. The van der Waals surface area contributed by atoms with Crippen LogP contribution in [0.25, 0.3) is 11.3 Å². The Morgan fingerprint density at radius 2 is 2.09 bits per heavy atom. The molecule has 3 rings (SSSR count). The second-order valence-corrected chi connectivity index (χ2v) is 6.20. The van der Waals surface area contributed by atoms with Crippen molar-refractivity contribution in [2.45, 2.75) is 20.8 Å². The normalized spacial score (nSPS) is 12.4. The zero-order chi connectivity index (χ0) is 16.2. The molecular weight excluding hydrogens is 304 g/mol. The van der Waals surface area contributed by atoms with Crippen molar-refractivity contribution in [2.24, 2.45) is 10.1 Å². The lowest BCUT2D eigenvalue weighted by Gasteiger charge is -2.06. The van der Waals surface area contributed by atoms with Crippen molar-refractivity contribution in [3.05, 3.63) is 63.5 Å². The van der Waals surface area contributed by atoms with Gasteiger partial charge in [-0.15, -0.1) is 11.3 Å². The number of aryl methyl sites for hydroxylation is 2. The van der Waals surface area contributed by atoms with Gasteiger partial charge < -0.3 is 4.98 Å². The molecule has 0 spiro atoms. The van der Waals surface area contributed by atoms with Crippen LogP contribution in [-0.2, 0) is 0 Å². The highest BCUT2D eigenvalue weighted by Crippen LogP contribution is 2.22. The van der Waals surface area contributed by atoms with Crippen molar-refractivity contribution in [1.82, 2.24) is 9.66 Å². The smallest absolute Gasteiger partial charge is 0.206 e. The summed E-state index contributed by atoms with van der Waals surface area (Å²) in [4.78, 5) is 8.59. The van der Waals surface area contributed by atoms with E-state index in [1.807, 2.05) is 36.1 Å². The zero-order valence-electron chi connectivity index (χ0n) is 13.6. The number of rotatable bonds is 4. The van der Waals surface area contributed by atoms with Crippen molar-refractivity contribution in [3.8, 4) is 11.3 Å². The number of thiazole rings is 1. The first-order valence-electron chi connectivity index (χ1n) is 7.65. The highest BCUT2D eigenvalue weighted by molar-refractivity contribution is 7.07. The van der Waals surface area contributed by atoms with Gasteiger partial charge in [0, 0.05) is 23.7 Å². The SMILES string of the molecule is CCN=c1scc(-c2ccc(C)c(C)c2)n1N=Cc1ccc[nH]1. The predicted octanol–water partition coefficient (Wildman–Crippen LogP) is 3.96. The van der Waals surface area contributed by atoms with Gasteiger partial charge in [0.15, 0.2) is 0 Å². The average molecular weight is 324 g/mol. The number of aromatic nitrogens is 2. The molecule has 23 heavy (non-hydrogen) atoms. The number of hydrogen-bond donors (Lipinski definition) is 1. The van der Waals surface area contributed by atoms with E-state index in [2.05, 4.69) is 52.5 Å². The lowest BCUT2D eigenvalue weighted by atomic mass is 10.1. The molecule has 0 atom stereocenters. The van der Waals surface area contributed by atoms with Crippen LogP contribution in [0.15, 0.2) is 52.0 Å². The van der Waals surface area contributed by atoms with Crippen molar-refractivity contribution >= 4 is 17.6 Å². The van der Waals surface area contributed by atoms with Gasteiger partial charge in [-0.1, -0.05) is 12.1 Å². The minimum Gasteiger partial charge on any atom is -0.360 e. The van der Waals surface area contributed by atoms with Gasteiger partial charge in [0.25, 0.3) is 0 Å². The lowest BCUT2D eigenvalue weighted by Crippen LogP contribution is -2.12. The van der Waals surface area contributed by atoms with Gasteiger partial charge in [-0.25, -0.2) is 4.68 Å². The van der Waals surface area contributed by atoms with Crippen LogP contribution in [0.1, 0.15) is 23.7 Å². The summed E-state index contributed by atoms with van der Waals surface area (Å²) in [5.74, 6) is 0. The predicted molar refractivity (Wildman–Crippen MR) is 97.1 cm³/mol. The molecule has 2 aromatic heterocycles. The first-order chi connectivity index (χ1) is 11.2. The number of nitrogens with one attached hydrogen (secondary N) is 1. The van der Waals surface area contributed by atoms with E-state index in [9.17, 15) is 0 Å². The maximum atomic E-state index is 4.63. The van der Waals surface area contributed by atoms with Crippen molar-refractivity contribution in [1.29, 1.82) is 0 Å². The fourth-order valence-corrected chi connectivity index (χ4v) is 3.20. The second-order valence-electron chi connectivity index (χ2n) is 5.36. The van der Waals surface area contributed by atoms with Gasteiger partial charge in [-0.3, -0.25) is 4.99 Å². The highest BCUT2D eigenvalue weighted by atomic mass is 32.1. The summed E-state index contributed by atoms with van der Waals surface area (Å²) in [6, 6.07) is 10.4. The van der Waals surface area contributed by atoms with E-state index < -0.39 is 0 Å². The third kappa shape index (κ3) is 3.35. The van der Waals surface area contributed by atoms with Crippen molar-refractivity contribution in [3.63, 3.8) is 0 Å². The lowest BCUT2D eigenvalue weighted by molar-refractivity contribution is 0.832. The number of H-pyrrole nitrogens is 1. The van der Waals surface area contributed by atoms with Crippen LogP contribution in [0.5, 0.6) is 0 Å². The molecule has 1 N–H and O–H groups in total. The van der Waals surface area contributed by atoms with Crippen LogP contribution < -0.4 is 4.80 Å². The first kappa shape index (κ1) is 15.5. The summed E-state index contributed by atoms with van der Waals surface area (Å²) in [5, 5.41) is 6.75. The van der Waals surface area contributed by atoms with Gasteiger partial charge in [-0.05, 0) is 50.1 Å². The first-order valence-corrected chi connectivity index (χ1v) is 8.53. The number of hydrogen-bond acceptors (Lipinski definition) is 3. The third-order valence-corrected chi connectivity index (χ3v) is 4.57. The van der Waals surface area contributed by atoms with Crippen LogP contribution in [0, 0.1) is 13.8 Å². The number of nitrogens with zero attached hydrogens (tertiary/aromatic N) is 3. The van der Waals surface area contributed by atoms with Crippen LogP contribution in [0.3, 0.4) is 0 Å². The molecule has 1 aromatic carbocycles. The van der Waals surface area contributed by atoms with E-state index >= 15 is 0 Å². The Morgan fingerprint density at radius 1 is 1.22 bits per heavy atom. The van der Waals surface area contributed by atoms with E-state index in [0.717, 1.165) is 28.3 Å². The summed E-state index contributed by atoms with van der Waals surface area (Å²) in [6.07, 6.45) is 3.72. The molecule has 0 bridgehead atoms. The Labute approximate surface area is 139 Å². The quantitative estimate of drug-likeness (QED) is 0.706. The molecule has 0 aliphatic rings. The molecule has 2 heterocycles. The van der Waals surface area contributed by atoms with Crippen LogP contribution >= 0.6 is 11.3 Å². The molecule has 0 aliphatic carbocycles. The maximum Gasteiger partial charge on any atom is 0.206 e. The number of aromatic amines is 1. The monoisotopic (exact) mass is 324 g/mol. The molecule has 4 nitrogen and oxygen atoms in total. The van der Waals surface area contributed by atoms with Gasteiger partial charge >= 0.3 is 0 Å². The molecule has 0 radical (unpaired) electrons. The van der Waals surface area contributed by atoms with Gasteiger partial charge in [0.1, 0.15) is 0 Å². The topological polar surface area (TPSA) is 45.4 Å². The van der Waals surface area contributed by atoms with E-state index in [1.165, 1.54) is 11.1 Å². The Kier molecular flexibility index (Phi) is 4.57. The summed E-state index contributed by atoms with van der Waals surface area (Å²) in [6.45, 7) is 7.04. The summed E-state index contributed by atoms with van der Waals surface area (Å²) >= 11 is 1.62. The summed E-state index contributed by atoms with van der Waals surface area (Å²) in [7, 11) is 0. The minimum atomic E-state index is 0.741. The summed E-state index contributed by atoms with van der Waals surface area (Å²) in [5.41, 5.74) is 5.77. The Morgan fingerprint density at radius 3 is 2.78 bits per heavy atom. The van der Waals surface area contributed by atoms with Crippen LogP contribution in [0.4, 0.5) is 0 Å². The van der Waals surface area contributed by atoms with Gasteiger partial charge in [0.2, 0.25) is 4.80 Å². The van der Waals surface area contributed by atoms with E-state index in [1.54, 1.807) is 11.3 Å². The van der Waals surface area contributed by atoms with E-state index in [0.29, 0.717) is 0 Å². The molecule has 0 aliphatic heterocycles. The average Bonchev–Trinajstić information content (AvgIpc) is 3.18. The molecule has 0 fully saturated rings. The van der Waals surface area contributed by atoms with Crippen LogP contribution in [0.2, 0.25) is 0 Å². The third-order valence-electron chi connectivity index (χ3n) is 3.72. The fraction of sp³-hybridized carbons (Fsp3) is 0.222. The molecular formula is C18H20N4S. The minimum absolute atomic E-state index is 0.741. The number of benzene rings is 1. The molecule has 5 heteroatoms. The van der Waals surface area contributed by atoms with Gasteiger partial charge in [0.05, 0.1) is 17.6 Å². The van der Waals surface area contributed by atoms with E-state index in [4.69, 9.17) is 0 Å². The van der Waals surface area contributed by atoms with E-state index in [-0.39, 0.29) is 0 Å². The molecule has 118 valence electrons. The highest BCUT2D eigenvalue weighted by Gasteiger charge is 2.08. The van der Waals surface area contributed by atoms with Crippen LogP contribution in [-0.4, -0.2) is 22.4 Å². The summed E-state index contributed by atoms with van der Waals surface area (Å²) < 4.78 is 1.92. The Balaban J connectivity index is 2.10. The molecule has 0 saturated heterocycles. The molecule has 0 saturated carbocycles. The molecule has 0 amide bonds. The standard InChI is InChI=1S/C18H20N4S/c1-4-19-18-22(21-11-16-6-5-9-20-16)17(12-23-18)15-8-7-13(2)14(3)10-15/h5-12,20H,4H2,1-3H3. The zero-order valence-corrected chi connectivity index (χ0v) is 14.4. The van der Waals surface area contributed by atoms with Crippen molar-refractivity contribution in [2.75, 3.05) is 6.54 Å².